The number of halogens is 1. The Balaban J connectivity index is 2.57. The Bertz CT molecular complexity index is 784. The van der Waals surface area contributed by atoms with Crippen LogP contribution < -0.4 is 11.2 Å². The molecule has 0 amide bonds. The highest BCUT2D eigenvalue weighted by molar-refractivity contribution is 14.1. The van der Waals surface area contributed by atoms with Gasteiger partial charge in [0.05, 0.1) is 21.9 Å². The lowest BCUT2D eigenvalue weighted by Gasteiger charge is -2.10. The van der Waals surface area contributed by atoms with Gasteiger partial charge in [-0.15, -0.1) is 0 Å². The molecule has 0 aliphatic heterocycles. The van der Waals surface area contributed by atoms with E-state index < -0.39 is 0 Å². The third-order valence-corrected chi connectivity index (χ3v) is 3.71. The smallest absolute Gasteiger partial charge is 0.284 e. The second-order valence-electron chi connectivity index (χ2n) is 4.00. The minimum atomic E-state index is -0.385. The van der Waals surface area contributed by atoms with Crippen LogP contribution in [0.2, 0.25) is 0 Å². The van der Waals surface area contributed by atoms with Gasteiger partial charge in [0, 0.05) is 13.1 Å². The highest BCUT2D eigenvalue weighted by Gasteiger charge is 2.09. The van der Waals surface area contributed by atoms with Crippen LogP contribution in [0, 0.1) is 15.0 Å². The van der Waals surface area contributed by atoms with Gasteiger partial charge < -0.3 is 0 Å². The first-order valence-electron chi connectivity index (χ1n) is 5.49. The Morgan fingerprint density at radius 3 is 2.68 bits per heavy atom. The Morgan fingerprint density at radius 2 is 2.00 bits per heavy atom. The molecule has 0 aliphatic rings. The standard InChI is InChI=1S/C13H10IN3O2/c1-16-12(18)6-11(14)17(13(16)19)8-10-5-3-2-4-9(10)7-15/h2-6H,8H2,1H3. The maximum Gasteiger partial charge on any atom is 0.331 e. The first kappa shape index (κ1) is 13.5. The predicted molar refractivity (Wildman–Crippen MR) is 78.9 cm³/mol. The summed E-state index contributed by atoms with van der Waals surface area (Å²) in [6, 6.07) is 10.6. The lowest BCUT2D eigenvalue weighted by atomic mass is 10.1. The molecule has 0 radical (unpaired) electrons. The monoisotopic (exact) mass is 367 g/mol. The highest BCUT2D eigenvalue weighted by atomic mass is 127. The molecule has 0 saturated heterocycles. The van der Waals surface area contributed by atoms with Gasteiger partial charge >= 0.3 is 5.69 Å². The number of aromatic nitrogens is 2. The molecule has 0 atom stereocenters. The second kappa shape index (κ2) is 5.40. The van der Waals surface area contributed by atoms with Crippen LogP contribution in [-0.2, 0) is 13.6 Å². The van der Waals surface area contributed by atoms with E-state index in [1.807, 2.05) is 28.7 Å². The topological polar surface area (TPSA) is 67.8 Å². The van der Waals surface area contributed by atoms with Gasteiger partial charge in [-0.25, -0.2) is 4.79 Å². The molecule has 19 heavy (non-hydrogen) atoms. The van der Waals surface area contributed by atoms with Gasteiger partial charge in [0.15, 0.2) is 0 Å². The van der Waals surface area contributed by atoms with Crippen molar-refractivity contribution in [3.63, 3.8) is 0 Å². The average Bonchev–Trinajstić information content (AvgIpc) is 2.41. The van der Waals surface area contributed by atoms with Crippen molar-refractivity contribution in [1.82, 2.24) is 9.13 Å². The molecule has 0 saturated carbocycles. The number of nitrogens with zero attached hydrogens (tertiary/aromatic N) is 3. The summed E-state index contributed by atoms with van der Waals surface area (Å²) >= 11 is 1.95. The zero-order chi connectivity index (χ0) is 14.0. The molecule has 2 rings (SSSR count). The summed E-state index contributed by atoms with van der Waals surface area (Å²) in [5, 5.41) is 9.04. The maximum absolute atomic E-state index is 12.1. The number of benzene rings is 1. The SMILES string of the molecule is Cn1c(=O)cc(I)n(Cc2ccccc2C#N)c1=O. The van der Waals surface area contributed by atoms with Crippen molar-refractivity contribution >= 4 is 22.6 Å². The minimum absolute atomic E-state index is 0.273. The van der Waals surface area contributed by atoms with E-state index >= 15 is 0 Å². The van der Waals surface area contributed by atoms with Crippen LogP contribution in [-0.4, -0.2) is 9.13 Å². The summed E-state index contributed by atoms with van der Waals surface area (Å²) in [5.74, 6) is 0. The van der Waals surface area contributed by atoms with Crippen LogP contribution in [0.25, 0.3) is 0 Å². The van der Waals surface area contributed by atoms with E-state index in [9.17, 15) is 9.59 Å². The molecule has 0 unspecified atom stereocenters. The summed E-state index contributed by atoms with van der Waals surface area (Å²) in [6.45, 7) is 0.273. The fourth-order valence-electron chi connectivity index (χ4n) is 1.72. The van der Waals surface area contributed by atoms with Crippen LogP contribution in [0.4, 0.5) is 0 Å². The van der Waals surface area contributed by atoms with E-state index in [1.165, 1.54) is 17.7 Å². The summed E-state index contributed by atoms with van der Waals surface area (Å²) in [5.41, 5.74) is 0.562. The van der Waals surface area contributed by atoms with Crippen molar-refractivity contribution < 1.29 is 0 Å². The largest absolute Gasteiger partial charge is 0.331 e. The number of hydrogen-bond donors (Lipinski definition) is 0. The molecular weight excluding hydrogens is 357 g/mol. The van der Waals surface area contributed by atoms with E-state index in [0.717, 1.165) is 10.1 Å². The van der Waals surface area contributed by atoms with Gasteiger partial charge in [-0.05, 0) is 34.2 Å². The molecular formula is C13H10IN3O2. The van der Waals surface area contributed by atoms with E-state index in [1.54, 1.807) is 18.2 Å². The first-order valence-corrected chi connectivity index (χ1v) is 6.57. The van der Waals surface area contributed by atoms with Crippen molar-refractivity contribution in [3.05, 3.63) is 66.0 Å². The molecule has 96 valence electrons. The Labute approximate surface area is 122 Å². The number of hydrogen-bond acceptors (Lipinski definition) is 3. The van der Waals surface area contributed by atoms with Gasteiger partial charge in [-0.1, -0.05) is 18.2 Å². The molecule has 0 fully saturated rings. The van der Waals surface area contributed by atoms with Crippen molar-refractivity contribution in [1.29, 1.82) is 5.26 Å². The minimum Gasteiger partial charge on any atom is -0.284 e. The van der Waals surface area contributed by atoms with Crippen molar-refractivity contribution in [2.24, 2.45) is 7.05 Å². The van der Waals surface area contributed by atoms with Crippen LogP contribution in [0.15, 0.2) is 39.9 Å². The summed E-state index contributed by atoms with van der Waals surface area (Å²) in [7, 11) is 1.44. The lowest BCUT2D eigenvalue weighted by Crippen LogP contribution is -2.39. The maximum atomic E-state index is 12.1. The Kier molecular flexibility index (Phi) is 3.85. The molecule has 1 aromatic heterocycles. The Hall–Kier alpha value is -1.88. The summed E-state index contributed by atoms with van der Waals surface area (Å²) in [6.07, 6.45) is 0. The summed E-state index contributed by atoms with van der Waals surface area (Å²) in [4.78, 5) is 23.5. The van der Waals surface area contributed by atoms with Crippen LogP contribution in [0.3, 0.4) is 0 Å². The normalized spacial score (nSPS) is 10.2. The first-order chi connectivity index (χ1) is 9.04. The van der Waals surface area contributed by atoms with Crippen molar-refractivity contribution in [2.75, 3.05) is 0 Å². The molecule has 5 nitrogen and oxygen atoms in total. The van der Waals surface area contributed by atoms with Gasteiger partial charge in [-0.2, -0.15) is 5.26 Å². The molecule has 2 aromatic rings. The van der Waals surface area contributed by atoms with E-state index in [2.05, 4.69) is 6.07 Å². The third kappa shape index (κ3) is 2.61. The molecule has 0 N–H and O–H groups in total. The second-order valence-corrected chi connectivity index (χ2v) is 5.11. The lowest BCUT2D eigenvalue weighted by molar-refractivity contribution is 0.630. The van der Waals surface area contributed by atoms with Gasteiger partial charge in [-0.3, -0.25) is 13.9 Å². The zero-order valence-electron chi connectivity index (χ0n) is 10.1. The molecule has 0 aliphatic carbocycles. The van der Waals surface area contributed by atoms with Crippen LogP contribution in [0.1, 0.15) is 11.1 Å². The van der Waals surface area contributed by atoms with Gasteiger partial charge in [0.25, 0.3) is 5.56 Å². The molecule has 0 spiro atoms. The van der Waals surface area contributed by atoms with E-state index in [-0.39, 0.29) is 17.8 Å². The van der Waals surface area contributed by atoms with Gasteiger partial charge in [0.2, 0.25) is 0 Å². The molecule has 0 bridgehead atoms. The average molecular weight is 367 g/mol. The van der Waals surface area contributed by atoms with Crippen molar-refractivity contribution in [2.45, 2.75) is 6.54 Å². The van der Waals surface area contributed by atoms with Gasteiger partial charge in [0.1, 0.15) is 0 Å². The molecule has 1 aromatic carbocycles. The highest BCUT2D eigenvalue weighted by Crippen LogP contribution is 2.10. The predicted octanol–water partition coefficient (Wildman–Crippen LogP) is 1.07. The fourth-order valence-corrected chi connectivity index (χ4v) is 2.37. The zero-order valence-corrected chi connectivity index (χ0v) is 12.3. The fraction of sp³-hybridized carbons (Fsp3) is 0.154. The molecule has 1 heterocycles. The van der Waals surface area contributed by atoms with Crippen LogP contribution in [0.5, 0.6) is 0 Å². The van der Waals surface area contributed by atoms with Crippen LogP contribution >= 0.6 is 22.6 Å². The number of rotatable bonds is 2. The van der Waals surface area contributed by atoms with E-state index in [4.69, 9.17) is 5.26 Å². The number of nitriles is 1. The van der Waals surface area contributed by atoms with E-state index in [0.29, 0.717) is 9.26 Å². The third-order valence-electron chi connectivity index (χ3n) is 2.82. The van der Waals surface area contributed by atoms with Crippen molar-refractivity contribution in [3.8, 4) is 6.07 Å². The summed E-state index contributed by atoms with van der Waals surface area (Å²) < 4.78 is 3.08. The molecule has 6 heteroatoms. The quantitative estimate of drug-likeness (QED) is 0.589. The Morgan fingerprint density at radius 1 is 1.32 bits per heavy atom.